The maximum absolute atomic E-state index is 4.22. The lowest BCUT2D eigenvalue weighted by Gasteiger charge is -2.12. The number of rotatable bonds is 5. The molecule has 0 saturated carbocycles. The Morgan fingerprint density at radius 2 is 2.12 bits per heavy atom. The summed E-state index contributed by atoms with van der Waals surface area (Å²) >= 11 is 1.65. The van der Waals surface area contributed by atoms with Crippen LogP contribution in [-0.2, 0) is 6.42 Å². The molecule has 0 radical (unpaired) electrons. The number of anilines is 1. The van der Waals surface area contributed by atoms with Crippen molar-refractivity contribution >= 4 is 16.5 Å². The van der Waals surface area contributed by atoms with E-state index in [1.54, 1.807) is 11.3 Å². The molecule has 2 rings (SSSR count). The summed E-state index contributed by atoms with van der Waals surface area (Å²) in [6.45, 7) is 2.20. The van der Waals surface area contributed by atoms with Gasteiger partial charge in [-0.05, 0) is 25.3 Å². The van der Waals surface area contributed by atoms with Gasteiger partial charge in [0, 0.05) is 17.6 Å². The van der Waals surface area contributed by atoms with E-state index in [1.807, 2.05) is 11.6 Å². The first kappa shape index (κ1) is 11.1. The number of aryl methyl sites for hydroxylation is 1. The molecule has 2 aromatic rings. The first-order valence-corrected chi connectivity index (χ1v) is 6.42. The highest BCUT2D eigenvalue weighted by Gasteiger charge is 2.03. The van der Waals surface area contributed by atoms with E-state index in [0.29, 0.717) is 6.04 Å². The molecule has 16 heavy (non-hydrogen) atoms. The molecular weight excluding hydrogens is 216 g/mol. The van der Waals surface area contributed by atoms with E-state index in [1.165, 1.54) is 5.56 Å². The number of hydrogen-bond donors (Lipinski definition) is 1. The smallest absolute Gasteiger partial charge is 0.182 e. The van der Waals surface area contributed by atoms with Gasteiger partial charge >= 0.3 is 0 Å². The minimum absolute atomic E-state index is 0.464. The van der Waals surface area contributed by atoms with Crippen LogP contribution in [0.25, 0.3) is 0 Å². The third kappa shape index (κ3) is 3.35. The van der Waals surface area contributed by atoms with Crippen molar-refractivity contribution < 1.29 is 0 Å². The van der Waals surface area contributed by atoms with Gasteiger partial charge in [-0.1, -0.05) is 30.3 Å². The fourth-order valence-electron chi connectivity index (χ4n) is 1.61. The molecule has 1 N–H and O–H groups in total. The SMILES string of the molecule is CC(CCc1ccccc1)Nc1nccs1. The molecule has 0 amide bonds. The van der Waals surface area contributed by atoms with Gasteiger partial charge in [0.2, 0.25) is 0 Å². The molecule has 1 atom stereocenters. The van der Waals surface area contributed by atoms with Crippen LogP contribution in [0.2, 0.25) is 0 Å². The summed E-state index contributed by atoms with van der Waals surface area (Å²) in [4.78, 5) is 4.22. The third-order valence-corrected chi connectivity index (χ3v) is 3.22. The van der Waals surface area contributed by atoms with E-state index in [4.69, 9.17) is 0 Å². The lowest BCUT2D eigenvalue weighted by Crippen LogP contribution is -2.15. The molecular formula is C13H16N2S. The van der Waals surface area contributed by atoms with Crippen molar-refractivity contribution in [3.8, 4) is 0 Å². The van der Waals surface area contributed by atoms with Crippen LogP contribution >= 0.6 is 11.3 Å². The van der Waals surface area contributed by atoms with Crippen LogP contribution < -0.4 is 5.32 Å². The highest BCUT2D eigenvalue weighted by atomic mass is 32.1. The zero-order valence-corrected chi connectivity index (χ0v) is 10.2. The monoisotopic (exact) mass is 232 g/mol. The molecule has 0 saturated heterocycles. The lowest BCUT2D eigenvalue weighted by atomic mass is 10.1. The van der Waals surface area contributed by atoms with E-state index in [2.05, 4.69) is 47.6 Å². The largest absolute Gasteiger partial charge is 0.359 e. The third-order valence-electron chi connectivity index (χ3n) is 2.51. The Balaban J connectivity index is 1.78. The number of nitrogens with zero attached hydrogens (tertiary/aromatic N) is 1. The molecule has 0 aliphatic rings. The predicted octanol–water partition coefficient (Wildman–Crippen LogP) is 3.58. The minimum Gasteiger partial charge on any atom is -0.359 e. The molecule has 0 bridgehead atoms. The summed E-state index contributed by atoms with van der Waals surface area (Å²) in [6.07, 6.45) is 4.07. The Kier molecular flexibility index (Phi) is 3.94. The molecule has 1 heterocycles. The van der Waals surface area contributed by atoms with Gasteiger partial charge in [-0.2, -0.15) is 0 Å². The van der Waals surface area contributed by atoms with Crippen LogP contribution in [0.1, 0.15) is 18.9 Å². The second-order valence-corrected chi connectivity index (χ2v) is 4.80. The van der Waals surface area contributed by atoms with Crippen molar-refractivity contribution in [2.75, 3.05) is 5.32 Å². The first-order valence-electron chi connectivity index (χ1n) is 5.54. The Hall–Kier alpha value is -1.35. The number of thiazole rings is 1. The summed E-state index contributed by atoms with van der Waals surface area (Å²) < 4.78 is 0. The predicted molar refractivity (Wildman–Crippen MR) is 70.0 cm³/mol. The summed E-state index contributed by atoms with van der Waals surface area (Å²) in [5.41, 5.74) is 1.40. The van der Waals surface area contributed by atoms with Crippen LogP contribution in [0.5, 0.6) is 0 Å². The Morgan fingerprint density at radius 1 is 1.31 bits per heavy atom. The van der Waals surface area contributed by atoms with Gasteiger partial charge in [-0.3, -0.25) is 0 Å². The van der Waals surface area contributed by atoms with Crippen molar-refractivity contribution in [1.29, 1.82) is 0 Å². The Bertz CT molecular complexity index is 397. The van der Waals surface area contributed by atoms with Gasteiger partial charge in [-0.15, -0.1) is 11.3 Å². The number of benzene rings is 1. The second-order valence-electron chi connectivity index (χ2n) is 3.91. The van der Waals surface area contributed by atoms with Crippen LogP contribution in [0.15, 0.2) is 41.9 Å². The quantitative estimate of drug-likeness (QED) is 0.852. The van der Waals surface area contributed by atoms with Crippen LogP contribution in [0.3, 0.4) is 0 Å². The molecule has 1 aromatic heterocycles. The fourth-order valence-corrected chi connectivity index (χ4v) is 2.25. The van der Waals surface area contributed by atoms with Gasteiger partial charge in [-0.25, -0.2) is 4.98 Å². The molecule has 2 nitrogen and oxygen atoms in total. The van der Waals surface area contributed by atoms with Crippen LogP contribution in [0.4, 0.5) is 5.13 Å². The topological polar surface area (TPSA) is 24.9 Å². The van der Waals surface area contributed by atoms with Crippen molar-refractivity contribution in [3.05, 3.63) is 47.5 Å². The molecule has 84 valence electrons. The molecule has 3 heteroatoms. The molecule has 0 fully saturated rings. The Morgan fingerprint density at radius 3 is 2.81 bits per heavy atom. The summed E-state index contributed by atoms with van der Waals surface area (Å²) in [7, 11) is 0. The van der Waals surface area contributed by atoms with Gasteiger partial charge in [0.15, 0.2) is 5.13 Å². The van der Waals surface area contributed by atoms with Crippen molar-refractivity contribution in [2.24, 2.45) is 0 Å². The average molecular weight is 232 g/mol. The van der Waals surface area contributed by atoms with Crippen molar-refractivity contribution in [2.45, 2.75) is 25.8 Å². The molecule has 0 spiro atoms. The van der Waals surface area contributed by atoms with Gasteiger partial charge < -0.3 is 5.32 Å². The van der Waals surface area contributed by atoms with Gasteiger partial charge in [0.1, 0.15) is 0 Å². The summed E-state index contributed by atoms with van der Waals surface area (Å²) in [5, 5.41) is 6.41. The second kappa shape index (κ2) is 5.66. The van der Waals surface area contributed by atoms with E-state index in [0.717, 1.165) is 18.0 Å². The Labute approximate surface area is 100 Å². The minimum atomic E-state index is 0.464. The zero-order chi connectivity index (χ0) is 11.2. The zero-order valence-electron chi connectivity index (χ0n) is 9.39. The maximum atomic E-state index is 4.22. The number of nitrogens with one attached hydrogen (secondary N) is 1. The maximum Gasteiger partial charge on any atom is 0.182 e. The van der Waals surface area contributed by atoms with Crippen LogP contribution in [-0.4, -0.2) is 11.0 Å². The van der Waals surface area contributed by atoms with E-state index >= 15 is 0 Å². The lowest BCUT2D eigenvalue weighted by molar-refractivity contribution is 0.705. The summed E-state index contributed by atoms with van der Waals surface area (Å²) in [6, 6.07) is 11.1. The number of hydrogen-bond acceptors (Lipinski definition) is 3. The van der Waals surface area contributed by atoms with E-state index in [-0.39, 0.29) is 0 Å². The van der Waals surface area contributed by atoms with Crippen molar-refractivity contribution in [3.63, 3.8) is 0 Å². The standard InChI is InChI=1S/C13H16N2S/c1-11(15-13-14-9-10-16-13)7-8-12-5-3-2-4-6-12/h2-6,9-11H,7-8H2,1H3,(H,14,15). The average Bonchev–Trinajstić information content (AvgIpc) is 2.81. The summed E-state index contributed by atoms with van der Waals surface area (Å²) in [5.74, 6) is 0. The normalized spacial score (nSPS) is 12.3. The molecule has 1 aromatic carbocycles. The fraction of sp³-hybridized carbons (Fsp3) is 0.308. The molecule has 0 aliphatic carbocycles. The number of aromatic nitrogens is 1. The van der Waals surface area contributed by atoms with Crippen LogP contribution in [0, 0.1) is 0 Å². The van der Waals surface area contributed by atoms with E-state index < -0.39 is 0 Å². The van der Waals surface area contributed by atoms with Gasteiger partial charge in [0.05, 0.1) is 0 Å². The van der Waals surface area contributed by atoms with E-state index in [9.17, 15) is 0 Å². The highest BCUT2D eigenvalue weighted by molar-refractivity contribution is 7.13. The molecule has 1 unspecified atom stereocenters. The first-order chi connectivity index (χ1) is 7.84. The highest BCUT2D eigenvalue weighted by Crippen LogP contribution is 2.14. The van der Waals surface area contributed by atoms with Gasteiger partial charge in [0.25, 0.3) is 0 Å². The van der Waals surface area contributed by atoms with Crippen molar-refractivity contribution in [1.82, 2.24) is 4.98 Å². The molecule has 0 aliphatic heterocycles.